The number of hydrogen-bond donors (Lipinski definition) is 0. The highest BCUT2D eigenvalue weighted by molar-refractivity contribution is 5.13. The number of likely N-dealkylation sites (tertiary alicyclic amines) is 1. The lowest BCUT2D eigenvalue weighted by molar-refractivity contribution is -0.921. The van der Waals surface area contributed by atoms with E-state index < -0.39 is 0 Å². The highest BCUT2D eigenvalue weighted by atomic mass is 16.5. The molecule has 1 fully saturated rings. The first-order valence-corrected chi connectivity index (χ1v) is 8.20. The van der Waals surface area contributed by atoms with Crippen LogP contribution in [0.4, 0.5) is 0 Å². The van der Waals surface area contributed by atoms with Gasteiger partial charge >= 0.3 is 0 Å². The molecule has 2 atom stereocenters. The first-order chi connectivity index (χ1) is 9.74. The molecule has 0 saturated carbocycles. The van der Waals surface area contributed by atoms with Crippen LogP contribution in [0.25, 0.3) is 0 Å². The van der Waals surface area contributed by atoms with Crippen molar-refractivity contribution in [3.63, 3.8) is 0 Å². The summed E-state index contributed by atoms with van der Waals surface area (Å²) in [5.41, 5.74) is 1.27. The quantitative estimate of drug-likeness (QED) is 0.558. The van der Waals surface area contributed by atoms with Gasteiger partial charge in [-0.1, -0.05) is 51.1 Å². The Labute approximate surface area is 125 Å². The van der Waals surface area contributed by atoms with Crippen LogP contribution in [0.15, 0.2) is 30.3 Å². The fourth-order valence-electron chi connectivity index (χ4n) is 3.16. The molecule has 1 aliphatic rings. The van der Waals surface area contributed by atoms with Gasteiger partial charge in [-0.3, -0.25) is 0 Å². The van der Waals surface area contributed by atoms with Gasteiger partial charge in [-0.15, -0.1) is 0 Å². The minimum absolute atomic E-state index is 0.748. The number of nitrogens with zero attached hydrogens (tertiary/aromatic N) is 1. The van der Waals surface area contributed by atoms with Gasteiger partial charge in [-0.25, -0.2) is 0 Å². The van der Waals surface area contributed by atoms with Gasteiger partial charge < -0.3 is 9.22 Å². The lowest BCUT2D eigenvalue weighted by Crippen LogP contribution is -2.49. The molecule has 0 aliphatic carbocycles. The highest BCUT2D eigenvalue weighted by Gasteiger charge is 2.35. The van der Waals surface area contributed by atoms with Gasteiger partial charge in [0.05, 0.1) is 32.8 Å². The van der Waals surface area contributed by atoms with Crippen molar-refractivity contribution in [2.24, 2.45) is 0 Å². The van der Waals surface area contributed by atoms with Crippen LogP contribution in [-0.4, -0.2) is 37.3 Å². The summed E-state index contributed by atoms with van der Waals surface area (Å²) in [6, 6.07) is 11.3. The third kappa shape index (κ3) is 4.92. The molecule has 0 amide bonds. The molecule has 0 bridgehead atoms. The standard InChI is InChI=1S/C16H26NO.C2H6/c1-3-16-10-7-11-17(16,2)12-13-18-14-15-8-5-4-6-9-15;1-2/h4-6,8-9,16H,3,7,10-14H2,1-2H3;1-2H3/q+1;/t16-,17?;/m0./s1. The molecule has 1 aromatic rings. The lowest BCUT2D eigenvalue weighted by atomic mass is 10.1. The maximum Gasteiger partial charge on any atom is 0.102 e. The van der Waals surface area contributed by atoms with Crippen LogP contribution >= 0.6 is 0 Å². The van der Waals surface area contributed by atoms with Crippen molar-refractivity contribution in [1.29, 1.82) is 0 Å². The molecule has 0 N–H and O–H groups in total. The van der Waals surface area contributed by atoms with Crippen LogP contribution < -0.4 is 0 Å². The predicted octanol–water partition coefficient (Wildman–Crippen LogP) is 4.25. The second kappa shape index (κ2) is 9.15. The van der Waals surface area contributed by atoms with Crippen molar-refractivity contribution >= 4 is 0 Å². The third-order valence-corrected chi connectivity index (χ3v) is 4.42. The summed E-state index contributed by atoms with van der Waals surface area (Å²) in [6.07, 6.45) is 4.08. The molecule has 1 saturated heterocycles. The highest BCUT2D eigenvalue weighted by Crippen LogP contribution is 2.26. The summed E-state index contributed by atoms with van der Waals surface area (Å²) >= 11 is 0. The monoisotopic (exact) mass is 278 g/mol. The molecular weight excluding hydrogens is 246 g/mol. The van der Waals surface area contributed by atoms with Gasteiger partial charge in [0.1, 0.15) is 6.54 Å². The lowest BCUT2D eigenvalue weighted by Gasteiger charge is -2.35. The molecule has 20 heavy (non-hydrogen) atoms. The van der Waals surface area contributed by atoms with E-state index in [9.17, 15) is 0 Å². The fraction of sp³-hybridized carbons (Fsp3) is 0.667. The maximum absolute atomic E-state index is 5.82. The number of benzene rings is 1. The van der Waals surface area contributed by atoms with Crippen LogP contribution in [0.5, 0.6) is 0 Å². The van der Waals surface area contributed by atoms with E-state index in [0.29, 0.717) is 0 Å². The molecule has 0 radical (unpaired) electrons. The Bertz CT molecular complexity index is 352. The zero-order valence-corrected chi connectivity index (χ0v) is 13.8. The summed E-state index contributed by atoms with van der Waals surface area (Å²) < 4.78 is 7.04. The first kappa shape index (κ1) is 17.2. The van der Waals surface area contributed by atoms with Gasteiger partial charge in [0.2, 0.25) is 0 Å². The summed E-state index contributed by atoms with van der Waals surface area (Å²) in [6.45, 7) is 10.4. The molecule has 1 heterocycles. The Morgan fingerprint density at radius 2 is 1.90 bits per heavy atom. The van der Waals surface area contributed by atoms with Crippen LogP contribution in [0.3, 0.4) is 0 Å². The van der Waals surface area contributed by atoms with E-state index in [4.69, 9.17) is 4.74 Å². The molecule has 2 rings (SSSR count). The van der Waals surface area contributed by atoms with Crippen molar-refractivity contribution in [2.75, 3.05) is 26.7 Å². The largest absolute Gasteiger partial charge is 0.371 e. The van der Waals surface area contributed by atoms with Crippen molar-refractivity contribution in [3.05, 3.63) is 35.9 Å². The fourth-order valence-corrected chi connectivity index (χ4v) is 3.16. The smallest absolute Gasteiger partial charge is 0.102 e. The molecule has 0 spiro atoms. The number of likely N-dealkylation sites (N-methyl/N-ethyl adjacent to an activating group) is 1. The third-order valence-electron chi connectivity index (χ3n) is 4.42. The SMILES string of the molecule is CC.CC[C@H]1CCC[N+]1(C)CCOCc1ccccc1. The number of hydrogen-bond acceptors (Lipinski definition) is 1. The molecule has 1 aliphatic heterocycles. The molecule has 0 aromatic heterocycles. The molecular formula is C18H32NO+. The molecule has 1 unspecified atom stereocenters. The minimum Gasteiger partial charge on any atom is -0.371 e. The normalized spacial score (nSPS) is 25.1. The number of ether oxygens (including phenoxy) is 1. The van der Waals surface area contributed by atoms with E-state index >= 15 is 0 Å². The van der Waals surface area contributed by atoms with Gasteiger partial charge in [-0.2, -0.15) is 0 Å². The minimum atomic E-state index is 0.748. The summed E-state index contributed by atoms with van der Waals surface area (Å²) in [7, 11) is 2.40. The van der Waals surface area contributed by atoms with Gasteiger partial charge in [0, 0.05) is 12.8 Å². The van der Waals surface area contributed by atoms with Crippen LogP contribution in [0, 0.1) is 0 Å². The van der Waals surface area contributed by atoms with Crippen molar-refractivity contribution in [1.82, 2.24) is 0 Å². The maximum atomic E-state index is 5.82. The van der Waals surface area contributed by atoms with Crippen LogP contribution in [-0.2, 0) is 11.3 Å². The Kier molecular flexibility index (Phi) is 7.86. The van der Waals surface area contributed by atoms with Gasteiger partial charge in [-0.05, 0) is 12.0 Å². The topological polar surface area (TPSA) is 9.23 Å². The van der Waals surface area contributed by atoms with E-state index in [1.807, 2.05) is 19.9 Å². The van der Waals surface area contributed by atoms with Crippen LogP contribution in [0.1, 0.15) is 45.6 Å². The average molecular weight is 278 g/mol. The van der Waals surface area contributed by atoms with E-state index in [-0.39, 0.29) is 0 Å². The Morgan fingerprint density at radius 1 is 1.20 bits per heavy atom. The molecule has 2 heteroatoms. The second-order valence-corrected chi connectivity index (χ2v) is 5.67. The van der Waals surface area contributed by atoms with Crippen molar-refractivity contribution < 1.29 is 9.22 Å². The number of rotatable bonds is 6. The second-order valence-electron chi connectivity index (χ2n) is 5.67. The van der Waals surface area contributed by atoms with Crippen LogP contribution in [0.2, 0.25) is 0 Å². The summed E-state index contributed by atoms with van der Waals surface area (Å²) in [5.74, 6) is 0. The van der Waals surface area contributed by atoms with Crippen molar-refractivity contribution in [2.45, 2.75) is 52.7 Å². The van der Waals surface area contributed by atoms with Gasteiger partial charge in [0.25, 0.3) is 0 Å². The van der Waals surface area contributed by atoms with Crippen molar-refractivity contribution in [3.8, 4) is 0 Å². The Morgan fingerprint density at radius 3 is 2.55 bits per heavy atom. The van der Waals surface area contributed by atoms with E-state index in [2.05, 4.69) is 38.2 Å². The van der Waals surface area contributed by atoms with E-state index in [1.165, 1.54) is 35.9 Å². The Balaban J connectivity index is 0.000000956. The molecule has 1 aromatic carbocycles. The predicted molar refractivity (Wildman–Crippen MR) is 86.7 cm³/mol. The molecule has 114 valence electrons. The van der Waals surface area contributed by atoms with E-state index in [0.717, 1.165) is 25.8 Å². The zero-order chi connectivity index (χ0) is 14.8. The zero-order valence-electron chi connectivity index (χ0n) is 13.8. The summed E-state index contributed by atoms with van der Waals surface area (Å²) in [4.78, 5) is 0. The average Bonchev–Trinajstić information content (AvgIpc) is 2.88. The number of quaternary nitrogens is 1. The Hall–Kier alpha value is -0.860. The first-order valence-electron chi connectivity index (χ1n) is 8.20. The molecule has 2 nitrogen and oxygen atoms in total. The summed E-state index contributed by atoms with van der Waals surface area (Å²) in [5, 5.41) is 0. The van der Waals surface area contributed by atoms with E-state index in [1.54, 1.807) is 0 Å². The van der Waals surface area contributed by atoms with Gasteiger partial charge in [0.15, 0.2) is 0 Å².